The molecule has 2 rings (SSSR count). The van der Waals surface area contributed by atoms with Crippen molar-refractivity contribution in [1.29, 1.82) is 0 Å². The van der Waals surface area contributed by atoms with Gasteiger partial charge in [-0.2, -0.15) is 0 Å². The minimum atomic E-state index is 0.225. The highest BCUT2D eigenvalue weighted by Crippen LogP contribution is 2.31. The number of hydrogen-bond acceptors (Lipinski definition) is 2. The Morgan fingerprint density at radius 3 is 2.50 bits per heavy atom. The molecule has 1 aromatic carbocycles. The SMILES string of the molecule is CC(N[C@@H](C)c1ccccc1Cl)c1sccc1Br. The fourth-order valence-electron chi connectivity index (χ4n) is 1.98. The zero-order valence-electron chi connectivity index (χ0n) is 10.3. The first-order chi connectivity index (χ1) is 8.59. The second kappa shape index (κ2) is 6.20. The molecule has 0 aliphatic carbocycles. The van der Waals surface area contributed by atoms with E-state index in [-0.39, 0.29) is 6.04 Å². The smallest absolute Gasteiger partial charge is 0.0453 e. The lowest BCUT2D eigenvalue weighted by Crippen LogP contribution is -2.22. The highest BCUT2D eigenvalue weighted by atomic mass is 79.9. The van der Waals surface area contributed by atoms with Gasteiger partial charge in [-0.15, -0.1) is 11.3 Å². The fourth-order valence-corrected chi connectivity index (χ4v) is 4.01. The van der Waals surface area contributed by atoms with Gasteiger partial charge in [-0.25, -0.2) is 0 Å². The van der Waals surface area contributed by atoms with Gasteiger partial charge in [-0.05, 0) is 52.9 Å². The molecule has 2 atom stereocenters. The maximum Gasteiger partial charge on any atom is 0.0453 e. The first kappa shape index (κ1) is 14.1. The zero-order chi connectivity index (χ0) is 13.1. The van der Waals surface area contributed by atoms with Gasteiger partial charge in [0.25, 0.3) is 0 Å². The molecule has 4 heteroatoms. The molecule has 96 valence electrons. The second-order valence-electron chi connectivity index (χ2n) is 4.26. The van der Waals surface area contributed by atoms with E-state index < -0.39 is 0 Å². The van der Waals surface area contributed by atoms with E-state index in [1.165, 1.54) is 9.35 Å². The number of thiophene rings is 1. The maximum atomic E-state index is 6.21. The quantitative estimate of drug-likeness (QED) is 0.764. The lowest BCUT2D eigenvalue weighted by atomic mass is 10.1. The van der Waals surface area contributed by atoms with Crippen molar-refractivity contribution in [2.45, 2.75) is 25.9 Å². The van der Waals surface area contributed by atoms with Crippen LogP contribution in [0, 0.1) is 0 Å². The van der Waals surface area contributed by atoms with Crippen molar-refractivity contribution in [3.05, 3.63) is 55.6 Å². The molecule has 0 amide bonds. The number of halogens is 2. The summed E-state index contributed by atoms with van der Waals surface area (Å²) in [6.07, 6.45) is 0. The minimum Gasteiger partial charge on any atom is -0.303 e. The predicted octanol–water partition coefficient (Wildman–Crippen LogP) is 5.58. The number of benzene rings is 1. The third-order valence-corrected chi connectivity index (χ3v) is 5.31. The van der Waals surface area contributed by atoms with Crippen LogP contribution in [-0.2, 0) is 0 Å². The first-order valence-electron chi connectivity index (χ1n) is 5.83. The van der Waals surface area contributed by atoms with Crippen molar-refractivity contribution in [1.82, 2.24) is 5.32 Å². The fraction of sp³-hybridized carbons (Fsp3) is 0.286. The van der Waals surface area contributed by atoms with Crippen molar-refractivity contribution in [3.63, 3.8) is 0 Å². The molecule has 1 aromatic heterocycles. The Hall–Kier alpha value is -0.350. The van der Waals surface area contributed by atoms with E-state index in [9.17, 15) is 0 Å². The molecule has 1 nitrogen and oxygen atoms in total. The normalized spacial score (nSPS) is 14.4. The van der Waals surface area contributed by atoms with Gasteiger partial charge >= 0.3 is 0 Å². The van der Waals surface area contributed by atoms with Crippen LogP contribution in [-0.4, -0.2) is 0 Å². The predicted molar refractivity (Wildman–Crippen MR) is 83.4 cm³/mol. The molecular weight excluding hydrogens is 330 g/mol. The van der Waals surface area contributed by atoms with Gasteiger partial charge in [0, 0.05) is 26.5 Å². The molecule has 1 heterocycles. The van der Waals surface area contributed by atoms with E-state index >= 15 is 0 Å². The van der Waals surface area contributed by atoms with Crippen LogP contribution in [0.3, 0.4) is 0 Å². The Balaban J connectivity index is 2.11. The van der Waals surface area contributed by atoms with Crippen LogP contribution in [0.5, 0.6) is 0 Å². The molecule has 0 aliphatic rings. The van der Waals surface area contributed by atoms with Crippen LogP contribution in [0.4, 0.5) is 0 Å². The highest BCUT2D eigenvalue weighted by molar-refractivity contribution is 9.10. The van der Waals surface area contributed by atoms with Crippen LogP contribution in [0.15, 0.2) is 40.2 Å². The molecule has 0 radical (unpaired) electrons. The Bertz CT molecular complexity index is 526. The molecule has 18 heavy (non-hydrogen) atoms. The topological polar surface area (TPSA) is 12.0 Å². The summed E-state index contributed by atoms with van der Waals surface area (Å²) in [5.41, 5.74) is 1.14. The lowest BCUT2D eigenvalue weighted by Gasteiger charge is -2.20. The second-order valence-corrected chi connectivity index (χ2v) is 6.47. The van der Waals surface area contributed by atoms with Gasteiger partial charge in [-0.1, -0.05) is 29.8 Å². The summed E-state index contributed by atoms with van der Waals surface area (Å²) in [7, 11) is 0. The van der Waals surface area contributed by atoms with Crippen molar-refractivity contribution in [2.75, 3.05) is 0 Å². The average Bonchev–Trinajstić information content (AvgIpc) is 2.76. The van der Waals surface area contributed by atoms with Crippen LogP contribution in [0.1, 0.15) is 36.4 Å². The molecular formula is C14H15BrClNS. The zero-order valence-corrected chi connectivity index (χ0v) is 13.4. The molecule has 0 bridgehead atoms. The average molecular weight is 345 g/mol. The molecule has 2 aromatic rings. The van der Waals surface area contributed by atoms with E-state index in [4.69, 9.17) is 11.6 Å². The number of rotatable bonds is 4. The number of nitrogens with one attached hydrogen (secondary N) is 1. The summed E-state index contributed by atoms with van der Waals surface area (Å²) in [6, 6.07) is 10.6. The largest absolute Gasteiger partial charge is 0.303 e. The summed E-state index contributed by atoms with van der Waals surface area (Å²) in [5.74, 6) is 0. The van der Waals surface area contributed by atoms with Crippen LogP contribution in [0.25, 0.3) is 0 Å². The van der Waals surface area contributed by atoms with Crippen LogP contribution < -0.4 is 5.32 Å². The van der Waals surface area contributed by atoms with Crippen molar-refractivity contribution >= 4 is 38.9 Å². The molecule has 0 spiro atoms. The third-order valence-electron chi connectivity index (χ3n) is 2.91. The molecule has 0 fully saturated rings. The van der Waals surface area contributed by atoms with Gasteiger partial charge in [0.1, 0.15) is 0 Å². The Labute approximate surface area is 125 Å². The standard InChI is InChI=1S/C14H15BrClNS/c1-9(11-5-3-4-6-13(11)16)17-10(2)14-12(15)7-8-18-14/h3-10,17H,1-2H3/t9-,10?/m0/s1. The Kier molecular flexibility index (Phi) is 4.84. The summed E-state index contributed by atoms with van der Waals surface area (Å²) < 4.78 is 1.17. The molecule has 0 saturated carbocycles. The summed E-state index contributed by atoms with van der Waals surface area (Å²) in [5, 5.41) is 6.49. The summed E-state index contributed by atoms with van der Waals surface area (Å²) in [6.45, 7) is 4.31. The maximum absolute atomic E-state index is 6.21. The van der Waals surface area contributed by atoms with Crippen molar-refractivity contribution < 1.29 is 0 Å². The van der Waals surface area contributed by atoms with Crippen molar-refractivity contribution in [3.8, 4) is 0 Å². The van der Waals surface area contributed by atoms with Crippen LogP contribution >= 0.6 is 38.9 Å². The molecule has 1 unspecified atom stereocenters. The summed E-state index contributed by atoms with van der Waals surface area (Å²) in [4.78, 5) is 1.31. The Morgan fingerprint density at radius 1 is 1.17 bits per heavy atom. The van der Waals surface area contributed by atoms with Gasteiger partial charge < -0.3 is 5.32 Å². The van der Waals surface area contributed by atoms with Gasteiger partial charge in [0.15, 0.2) is 0 Å². The summed E-state index contributed by atoms with van der Waals surface area (Å²) >= 11 is 11.5. The van der Waals surface area contributed by atoms with E-state index in [2.05, 4.69) is 52.6 Å². The van der Waals surface area contributed by atoms with Crippen LogP contribution in [0.2, 0.25) is 5.02 Å². The highest BCUT2D eigenvalue weighted by Gasteiger charge is 2.15. The minimum absolute atomic E-state index is 0.225. The Morgan fingerprint density at radius 2 is 1.89 bits per heavy atom. The van der Waals surface area contributed by atoms with Gasteiger partial charge in [-0.3, -0.25) is 0 Å². The number of hydrogen-bond donors (Lipinski definition) is 1. The molecule has 0 aliphatic heterocycles. The molecule has 1 N–H and O–H groups in total. The monoisotopic (exact) mass is 343 g/mol. The molecule has 0 saturated heterocycles. The van der Waals surface area contributed by atoms with E-state index in [1.807, 2.05) is 18.2 Å². The first-order valence-corrected chi connectivity index (χ1v) is 7.88. The lowest BCUT2D eigenvalue weighted by molar-refractivity contribution is 0.499. The van der Waals surface area contributed by atoms with Gasteiger partial charge in [0.05, 0.1) is 0 Å². The van der Waals surface area contributed by atoms with Gasteiger partial charge in [0.2, 0.25) is 0 Å². The van der Waals surface area contributed by atoms with E-state index in [0.29, 0.717) is 6.04 Å². The van der Waals surface area contributed by atoms with Crippen molar-refractivity contribution in [2.24, 2.45) is 0 Å². The third kappa shape index (κ3) is 3.15. The van der Waals surface area contributed by atoms with E-state index in [0.717, 1.165) is 10.6 Å². The van der Waals surface area contributed by atoms with E-state index in [1.54, 1.807) is 11.3 Å².